The number of nitrogens with zero attached hydrogens (tertiary/aromatic N) is 1. The summed E-state index contributed by atoms with van der Waals surface area (Å²) in [7, 11) is 0. The van der Waals surface area contributed by atoms with Crippen molar-refractivity contribution in [1.82, 2.24) is 0 Å². The molecule has 0 radical (unpaired) electrons. The summed E-state index contributed by atoms with van der Waals surface area (Å²) in [5, 5.41) is 8.90. The molecule has 0 fully saturated rings. The molecule has 0 heterocycles. The molecular weight excluding hydrogens is 343 g/mol. The molecule has 0 bridgehead atoms. The van der Waals surface area contributed by atoms with Crippen LogP contribution in [0, 0.1) is 6.92 Å². The molecular formula is C12H11BrF3NO3. The molecule has 0 aliphatic carbocycles. The van der Waals surface area contributed by atoms with Gasteiger partial charge in [-0.05, 0) is 37.6 Å². The lowest BCUT2D eigenvalue weighted by atomic mass is 10.1. The fourth-order valence-electron chi connectivity index (χ4n) is 1.63. The van der Waals surface area contributed by atoms with Crippen LogP contribution in [0.5, 0.6) is 0 Å². The van der Waals surface area contributed by atoms with Crippen molar-refractivity contribution >= 4 is 33.5 Å². The Morgan fingerprint density at radius 2 is 1.90 bits per heavy atom. The number of alkyl halides is 3. The minimum Gasteiger partial charge on any atom is -0.480 e. The van der Waals surface area contributed by atoms with Gasteiger partial charge >= 0.3 is 18.1 Å². The molecule has 1 amide bonds. The van der Waals surface area contributed by atoms with Crippen molar-refractivity contribution in [3.63, 3.8) is 0 Å². The summed E-state index contributed by atoms with van der Waals surface area (Å²) in [4.78, 5) is 22.7. The van der Waals surface area contributed by atoms with Crippen LogP contribution in [0.2, 0.25) is 0 Å². The second kappa shape index (κ2) is 5.82. The molecule has 110 valence electrons. The topological polar surface area (TPSA) is 57.6 Å². The summed E-state index contributed by atoms with van der Waals surface area (Å²) in [6.07, 6.45) is -5.15. The number of halogens is 4. The third-order valence-corrected chi connectivity index (χ3v) is 3.12. The minimum absolute atomic E-state index is 0.0922. The van der Waals surface area contributed by atoms with Crippen molar-refractivity contribution in [2.24, 2.45) is 0 Å². The van der Waals surface area contributed by atoms with Gasteiger partial charge in [-0.3, -0.25) is 9.69 Å². The molecule has 4 nitrogen and oxygen atoms in total. The van der Waals surface area contributed by atoms with Gasteiger partial charge in [0.05, 0.1) is 0 Å². The van der Waals surface area contributed by atoms with Gasteiger partial charge in [0.1, 0.15) is 6.04 Å². The molecule has 0 aliphatic heterocycles. The highest BCUT2D eigenvalue weighted by atomic mass is 79.9. The summed E-state index contributed by atoms with van der Waals surface area (Å²) in [5.74, 6) is -3.73. The van der Waals surface area contributed by atoms with Gasteiger partial charge in [0.2, 0.25) is 0 Å². The molecule has 1 N–H and O–H groups in total. The number of rotatable bonds is 3. The van der Waals surface area contributed by atoms with Gasteiger partial charge in [-0.25, -0.2) is 4.79 Å². The molecule has 8 heteroatoms. The molecule has 1 atom stereocenters. The van der Waals surface area contributed by atoms with Crippen LogP contribution in [0.3, 0.4) is 0 Å². The molecule has 0 aromatic heterocycles. The summed E-state index contributed by atoms with van der Waals surface area (Å²) < 4.78 is 38.5. The number of aryl methyl sites for hydroxylation is 1. The number of hydrogen-bond donors (Lipinski definition) is 1. The Balaban J connectivity index is 3.38. The van der Waals surface area contributed by atoms with E-state index in [9.17, 15) is 22.8 Å². The van der Waals surface area contributed by atoms with E-state index in [-0.39, 0.29) is 10.6 Å². The number of carbonyl (C=O) groups is 2. The van der Waals surface area contributed by atoms with Crippen molar-refractivity contribution in [3.8, 4) is 0 Å². The predicted octanol–water partition coefficient (Wildman–Crippen LogP) is 3.13. The lowest BCUT2D eigenvalue weighted by molar-refractivity contribution is -0.171. The van der Waals surface area contributed by atoms with Crippen LogP contribution in [0.15, 0.2) is 22.7 Å². The molecule has 1 rings (SSSR count). The number of carboxylic acids is 1. The number of carboxylic acid groups (broad SMARTS) is 1. The molecule has 20 heavy (non-hydrogen) atoms. The average molecular weight is 354 g/mol. The van der Waals surface area contributed by atoms with Crippen LogP contribution < -0.4 is 4.90 Å². The summed E-state index contributed by atoms with van der Waals surface area (Å²) in [6, 6.07) is 2.57. The van der Waals surface area contributed by atoms with Crippen LogP contribution in [0.1, 0.15) is 12.5 Å². The Kier molecular flexibility index (Phi) is 4.80. The monoisotopic (exact) mass is 353 g/mol. The zero-order chi connectivity index (χ0) is 15.7. The molecule has 0 saturated carbocycles. The molecule has 0 aliphatic rings. The van der Waals surface area contributed by atoms with Crippen molar-refractivity contribution in [3.05, 3.63) is 28.2 Å². The van der Waals surface area contributed by atoms with Crippen LogP contribution >= 0.6 is 15.9 Å². The smallest absolute Gasteiger partial charge is 0.471 e. The van der Waals surface area contributed by atoms with E-state index in [2.05, 4.69) is 15.9 Å². The Bertz CT molecular complexity index is 545. The predicted molar refractivity (Wildman–Crippen MR) is 69.5 cm³/mol. The number of amides is 1. The Morgan fingerprint density at radius 3 is 2.30 bits per heavy atom. The lowest BCUT2D eigenvalue weighted by Crippen LogP contribution is -2.49. The first kappa shape index (κ1) is 16.5. The first-order chi connectivity index (χ1) is 9.05. The Hall–Kier alpha value is -1.57. The van der Waals surface area contributed by atoms with E-state index in [4.69, 9.17) is 5.11 Å². The van der Waals surface area contributed by atoms with E-state index in [1.807, 2.05) is 0 Å². The SMILES string of the molecule is Cc1cc(Br)ccc1N(C(=O)C(F)(F)F)C(C)C(=O)O. The second-order valence-corrected chi connectivity index (χ2v) is 5.03. The van der Waals surface area contributed by atoms with E-state index in [1.165, 1.54) is 25.1 Å². The van der Waals surface area contributed by atoms with Gasteiger partial charge in [0.15, 0.2) is 0 Å². The number of benzene rings is 1. The quantitative estimate of drug-likeness (QED) is 0.908. The van der Waals surface area contributed by atoms with Crippen molar-refractivity contribution in [2.45, 2.75) is 26.1 Å². The maximum absolute atomic E-state index is 12.6. The van der Waals surface area contributed by atoms with E-state index in [1.54, 1.807) is 0 Å². The third kappa shape index (κ3) is 3.50. The number of anilines is 1. The first-order valence-electron chi connectivity index (χ1n) is 5.45. The van der Waals surface area contributed by atoms with Crippen LogP contribution in [-0.4, -0.2) is 29.2 Å². The van der Waals surface area contributed by atoms with Crippen molar-refractivity contribution in [1.29, 1.82) is 0 Å². The van der Waals surface area contributed by atoms with Crippen molar-refractivity contribution in [2.75, 3.05) is 4.90 Å². The summed E-state index contributed by atoms with van der Waals surface area (Å²) in [5.41, 5.74) is 0.260. The van der Waals surface area contributed by atoms with Gasteiger partial charge in [-0.15, -0.1) is 0 Å². The van der Waals surface area contributed by atoms with Gasteiger partial charge in [0, 0.05) is 10.2 Å². The largest absolute Gasteiger partial charge is 0.480 e. The van der Waals surface area contributed by atoms with E-state index in [0.717, 1.165) is 6.92 Å². The zero-order valence-corrected chi connectivity index (χ0v) is 12.1. The maximum atomic E-state index is 12.6. The highest BCUT2D eigenvalue weighted by molar-refractivity contribution is 9.10. The number of hydrogen-bond acceptors (Lipinski definition) is 2. The van der Waals surface area contributed by atoms with Crippen LogP contribution in [0.4, 0.5) is 18.9 Å². The van der Waals surface area contributed by atoms with Crippen molar-refractivity contribution < 1.29 is 27.9 Å². The summed E-state index contributed by atoms with van der Waals surface area (Å²) in [6.45, 7) is 2.51. The van der Waals surface area contributed by atoms with Crippen LogP contribution in [0.25, 0.3) is 0 Å². The average Bonchev–Trinajstić information content (AvgIpc) is 2.30. The normalized spacial score (nSPS) is 12.9. The maximum Gasteiger partial charge on any atom is 0.471 e. The lowest BCUT2D eigenvalue weighted by Gasteiger charge is -2.28. The highest BCUT2D eigenvalue weighted by Crippen LogP contribution is 2.30. The Labute approximate surface area is 121 Å². The van der Waals surface area contributed by atoms with Gasteiger partial charge < -0.3 is 5.11 Å². The highest BCUT2D eigenvalue weighted by Gasteiger charge is 2.46. The molecule has 0 saturated heterocycles. The first-order valence-corrected chi connectivity index (χ1v) is 6.24. The molecule has 1 aromatic rings. The fraction of sp³-hybridized carbons (Fsp3) is 0.333. The minimum atomic E-state index is -5.15. The summed E-state index contributed by atoms with van der Waals surface area (Å²) >= 11 is 3.15. The molecule has 1 aromatic carbocycles. The van der Waals surface area contributed by atoms with E-state index >= 15 is 0 Å². The molecule has 0 spiro atoms. The van der Waals surface area contributed by atoms with Gasteiger partial charge in [0.25, 0.3) is 0 Å². The van der Waals surface area contributed by atoms with E-state index in [0.29, 0.717) is 10.0 Å². The van der Waals surface area contributed by atoms with Crippen LogP contribution in [-0.2, 0) is 9.59 Å². The van der Waals surface area contributed by atoms with Gasteiger partial charge in [-0.2, -0.15) is 13.2 Å². The number of carbonyl (C=O) groups excluding carboxylic acids is 1. The van der Waals surface area contributed by atoms with Gasteiger partial charge in [-0.1, -0.05) is 15.9 Å². The Morgan fingerprint density at radius 1 is 1.35 bits per heavy atom. The van der Waals surface area contributed by atoms with E-state index < -0.39 is 24.1 Å². The number of aliphatic carboxylic acids is 1. The third-order valence-electron chi connectivity index (χ3n) is 2.62. The second-order valence-electron chi connectivity index (χ2n) is 4.12. The molecule has 1 unspecified atom stereocenters. The standard InChI is InChI=1S/C12H11BrF3NO3/c1-6-5-8(13)3-4-9(6)17(7(2)10(18)19)11(20)12(14,15)16/h3-5,7H,1-2H3,(H,18,19). The fourth-order valence-corrected chi connectivity index (χ4v) is 2.11. The zero-order valence-electron chi connectivity index (χ0n) is 10.5.